The number of anilines is 2. The molecule has 1 atom stereocenters. The summed E-state index contributed by atoms with van der Waals surface area (Å²) in [5.74, 6) is 0.940. The second-order valence-electron chi connectivity index (χ2n) is 9.63. The number of benzene rings is 2. The number of hydrogen-bond acceptors (Lipinski definition) is 8. The second kappa shape index (κ2) is 12.1. The molecule has 13 heteroatoms. The first-order chi connectivity index (χ1) is 19.7. The fourth-order valence-electron chi connectivity index (χ4n) is 4.78. The van der Waals surface area contributed by atoms with Crippen LogP contribution >= 0.6 is 11.6 Å². The third kappa shape index (κ3) is 6.60. The Bertz CT molecular complexity index is 1690. The van der Waals surface area contributed by atoms with Crippen molar-refractivity contribution in [2.24, 2.45) is 0 Å². The van der Waals surface area contributed by atoms with Crippen molar-refractivity contribution in [3.8, 4) is 22.9 Å². The normalized spacial score (nSPS) is 15.5. The van der Waals surface area contributed by atoms with Gasteiger partial charge < -0.3 is 20.1 Å². The van der Waals surface area contributed by atoms with E-state index in [1.54, 1.807) is 61.8 Å². The lowest BCUT2D eigenvalue weighted by Gasteiger charge is -2.31. The van der Waals surface area contributed by atoms with Crippen LogP contribution in [0.5, 0.6) is 11.6 Å². The van der Waals surface area contributed by atoms with Gasteiger partial charge in [-0.15, -0.1) is 0 Å². The number of nitrogens with one attached hydrogen (secondary N) is 2. The number of piperidine rings is 1. The van der Waals surface area contributed by atoms with Gasteiger partial charge in [0.2, 0.25) is 21.9 Å². The fourth-order valence-corrected chi connectivity index (χ4v) is 6.13. The van der Waals surface area contributed by atoms with E-state index >= 15 is 0 Å². The Kier molecular flexibility index (Phi) is 8.41. The Morgan fingerprint density at radius 1 is 1.12 bits per heavy atom. The molecule has 0 unspecified atom stereocenters. The highest BCUT2D eigenvalue weighted by molar-refractivity contribution is 7.92. The first-order valence-electron chi connectivity index (χ1n) is 13.2. The topological polar surface area (TPSA) is 147 Å². The van der Waals surface area contributed by atoms with Gasteiger partial charge in [-0.3, -0.25) is 4.72 Å². The number of likely N-dealkylation sites (tertiary alicyclic amines) is 1. The zero-order chi connectivity index (χ0) is 29.0. The Morgan fingerprint density at radius 3 is 2.78 bits per heavy atom. The van der Waals surface area contributed by atoms with E-state index in [4.69, 9.17) is 16.3 Å². The summed E-state index contributed by atoms with van der Waals surface area (Å²) in [5.41, 5.74) is 1.55. The zero-order valence-electron chi connectivity index (χ0n) is 22.2. The van der Waals surface area contributed by atoms with Gasteiger partial charge in [-0.2, -0.15) is 0 Å². The highest BCUT2D eigenvalue weighted by Crippen LogP contribution is 2.41. The van der Waals surface area contributed by atoms with Gasteiger partial charge in [0.25, 0.3) is 0 Å². The quantitative estimate of drug-likeness (QED) is 0.217. The number of ether oxygens (including phenoxy) is 1. The lowest BCUT2D eigenvalue weighted by Crippen LogP contribution is -2.44. The minimum Gasteiger partial charge on any atom is -0.465 e. The van der Waals surface area contributed by atoms with E-state index in [1.807, 2.05) is 6.07 Å². The molecule has 1 fully saturated rings. The van der Waals surface area contributed by atoms with Crippen molar-refractivity contribution in [1.29, 1.82) is 0 Å². The molecule has 1 aliphatic heterocycles. The predicted octanol–water partition coefficient (Wildman–Crippen LogP) is 5.84. The zero-order valence-corrected chi connectivity index (χ0v) is 23.8. The Balaban J connectivity index is 1.45. The average molecular weight is 597 g/mol. The number of nitrogens with zero attached hydrogens (tertiary/aromatic N) is 4. The van der Waals surface area contributed by atoms with E-state index < -0.39 is 16.1 Å². The molecule has 5 rings (SSSR count). The van der Waals surface area contributed by atoms with Crippen molar-refractivity contribution >= 4 is 50.1 Å². The van der Waals surface area contributed by atoms with Crippen molar-refractivity contribution in [3.05, 3.63) is 65.9 Å². The molecule has 3 heterocycles. The van der Waals surface area contributed by atoms with Crippen molar-refractivity contribution < 1.29 is 23.1 Å². The summed E-state index contributed by atoms with van der Waals surface area (Å²) in [6.45, 7) is 2.66. The third-order valence-corrected chi connectivity index (χ3v) is 8.40. The van der Waals surface area contributed by atoms with Gasteiger partial charge in [-0.1, -0.05) is 36.7 Å². The number of pyridine rings is 1. The van der Waals surface area contributed by atoms with Crippen molar-refractivity contribution in [3.63, 3.8) is 0 Å². The van der Waals surface area contributed by atoms with E-state index in [-0.39, 0.29) is 17.7 Å². The number of carbonyl (C=O) groups is 1. The molecule has 1 amide bonds. The van der Waals surface area contributed by atoms with E-state index in [2.05, 4.69) is 25.0 Å². The number of aromatic nitrogens is 3. The number of halogens is 1. The van der Waals surface area contributed by atoms with E-state index in [0.717, 1.165) is 12.8 Å². The SMILES string of the molecule is CCCS(=O)(=O)Nc1cccc2c(Oc3ncccc3-c3ccnc(N[C@H]4CCCN(C(=O)O)C4)n3)c(Cl)ccc12. The molecule has 3 N–H and O–H groups in total. The molecular weight excluding hydrogens is 568 g/mol. The van der Waals surface area contributed by atoms with Gasteiger partial charge in [0, 0.05) is 42.3 Å². The summed E-state index contributed by atoms with van der Waals surface area (Å²) in [4.78, 5) is 26.2. The van der Waals surface area contributed by atoms with Gasteiger partial charge >= 0.3 is 6.09 Å². The predicted molar refractivity (Wildman–Crippen MR) is 158 cm³/mol. The van der Waals surface area contributed by atoms with Crippen LogP contribution < -0.4 is 14.8 Å². The number of fused-ring (bicyclic) bond motifs is 1. The van der Waals surface area contributed by atoms with Crippen LogP contribution in [0.25, 0.3) is 22.0 Å². The Hall–Kier alpha value is -4.16. The maximum atomic E-state index is 12.5. The minimum absolute atomic E-state index is 0.00592. The highest BCUT2D eigenvalue weighted by atomic mass is 35.5. The highest BCUT2D eigenvalue weighted by Gasteiger charge is 2.24. The lowest BCUT2D eigenvalue weighted by molar-refractivity contribution is 0.132. The monoisotopic (exact) mass is 596 g/mol. The molecular formula is C28H29ClN6O5S. The van der Waals surface area contributed by atoms with Gasteiger partial charge in [-0.05, 0) is 49.6 Å². The van der Waals surface area contributed by atoms with Gasteiger partial charge in [0.15, 0.2) is 5.75 Å². The Labute approximate surface area is 242 Å². The van der Waals surface area contributed by atoms with E-state index in [9.17, 15) is 18.3 Å². The molecule has 0 aliphatic carbocycles. The molecule has 2 aromatic carbocycles. The molecule has 0 saturated carbocycles. The van der Waals surface area contributed by atoms with Crippen LogP contribution in [-0.4, -0.2) is 64.4 Å². The van der Waals surface area contributed by atoms with Crippen molar-refractivity contribution in [1.82, 2.24) is 19.9 Å². The average Bonchev–Trinajstić information content (AvgIpc) is 2.95. The molecule has 1 saturated heterocycles. The standard InChI is InChI=1S/C28H29ClN6O5S/c1-2-16-41(38,39)34-24-9-3-7-20-19(24)10-11-22(29)25(20)40-26-21(8-4-13-30-26)23-12-14-31-27(33-23)32-18-6-5-15-35(17-18)28(36)37/h3-4,7-14,18,34H,2,5-6,15-17H2,1H3,(H,36,37)(H,31,32,33)/t18-/m0/s1. The largest absolute Gasteiger partial charge is 0.465 e. The molecule has 214 valence electrons. The second-order valence-corrected chi connectivity index (χ2v) is 11.9. The first-order valence-corrected chi connectivity index (χ1v) is 15.2. The third-order valence-electron chi connectivity index (χ3n) is 6.63. The van der Waals surface area contributed by atoms with Crippen LogP contribution in [0.3, 0.4) is 0 Å². The van der Waals surface area contributed by atoms with Crippen LogP contribution in [0.2, 0.25) is 5.02 Å². The Morgan fingerprint density at radius 2 is 1.98 bits per heavy atom. The van der Waals surface area contributed by atoms with Crippen LogP contribution in [0, 0.1) is 0 Å². The number of sulfonamides is 1. The summed E-state index contributed by atoms with van der Waals surface area (Å²) in [7, 11) is -3.51. The lowest BCUT2D eigenvalue weighted by atomic mass is 10.1. The first kappa shape index (κ1) is 28.4. The maximum absolute atomic E-state index is 12.5. The number of amides is 1. The molecule has 11 nitrogen and oxygen atoms in total. The number of rotatable bonds is 9. The maximum Gasteiger partial charge on any atom is 0.407 e. The summed E-state index contributed by atoms with van der Waals surface area (Å²) in [6.07, 6.45) is 4.29. The van der Waals surface area contributed by atoms with Crippen LogP contribution in [-0.2, 0) is 10.0 Å². The van der Waals surface area contributed by atoms with Crippen LogP contribution in [0.1, 0.15) is 26.2 Å². The molecule has 0 spiro atoms. The van der Waals surface area contributed by atoms with E-state index in [0.29, 0.717) is 63.9 Å². The fraction of sp³-hybridized carbons (Fsp3) is 0.286. The molecule has 0 radical (unpaired) electrons. The minimum atomic E-state index is -3.51. The van der Waals surface area contributed by atoms with Crippen molar-refractivity contribution in [2.45, 2.75) is 32.2 Å². The van der Waals surface area contributed by atoms with Crippen LogP contribution in [0.15, 0.2) is 60.9 Å². The van der Waals surface area contributed by atoms with E-state index in [1.165, 1.54) is 4.90 Å². The molecule has 2 aromatic heterocycles. The summed E-state index contributed by atoms with van der Waals surface area (Å²) in [5, 5.41) is 14.2. The summed E-state index contributed by atoms with van der Waals surface area (Å²) >= 11 is 6.58. The molecule has 0 bridgehead atoms. The smallest absolute Gasteiger partial charge is 0.407 e. The van der Waals surface area contributed by atoms with Crippen molar-refractivity contribution in [2.75, 3.05) is 28.9 Å². The molecule has 1 aliphatic rings. The molecule has 41 heavy (non-hydrogen) atoms. The molecule has 4 aromatic rings. The number of hydrogen-bond donors (Lipinski definition) is 3. The van der Waals surface area contributed by atoms with Gasteiger partial charge in [-0.25, -0.2) is 28.2 Å². The number of carboxylic acid groups (broad SMARTS) is 1. The van der Waals surface area contributed by atoms with Gasteiger partial charge in [0.1, 0.15) is 0 Å². The van der Waals surface area contributed by atoms with Crippen LogP contribution in [0.4, 0.5) is 16.4 Å². The van der Waals surface area contributed by atoms with Gasteiger partial charge in [0.05, 0.1) is 27.7 Å². The summed E-state index contributed by atoms with van der Waals surface area (Å²) in [6, 6.07) is 13.8. The summed E-state index contributed by atoms with van der Waals surface area (Å²) < 4.78 is 33.9.